The first-order valence-electron chi connectivity index (χ1n) is 14.4. The maximum atomic E-state index is 13.4. The Bertz CT molecular complexity index is 1230. The van der Waals surface area contributed by atoms with E-state index in [0.717, 1.165) is 47.9 Å². The van der Waals surface area contributed by atoms with Gasteiger partial charge in [0.25, 0.3) is 0 Å². The molecule has 11 nitrogen and oxygen atoms in total. The van der Waals surface area contributed by atoms with E-state index in [4.69, 9.17) is 4.74 Å². The maximum absolute atomic E-state index is 13.4. The highest BCUT2D eigenvalue weighted by molar-refractivity contribution is 5.86. The number of benzene rings is 2. The van der Waals surface area contributed by atoms with Gasteiger partial charge >= 0.3 is 12.0 Å². The summed E-state index contributed by atoms with van der Waals surface area (Å²) < 4.78 is 5.32. The minimum atomic E-state index is -0.959. The third kappa shape index (κ3) is 9.40. The number of hydrogen-bond acceptors (Lipinski definition) is 7. The van der Waals surface area contributed by atoms with Gasteiger partial charge in [0.1, 0.15) is 6.04 Å². The maximum Gasteiger partial charge on any atom is 0.330 e. The molecule has 11 heteroatoms. The molecule has 220 valence electrons. The second-order valence-corrected chi connectivity index (χ2v) is 9.71. The molecule has 0 bridgehead atoms. The average Bonchev–Trinajstić information content (AvgIpc) is 3.53. The molecule has 0 aliphatic rings. The number of hydrogen-bond donors (Lipinski definition) is 3. The van der Waals surface area contributed by atoms with Gasteiger partial charge < -0.3 is 20.3 Å². The van der Waals surface area contributed by atoms with E-state index < -0.39 is 12.0 Å². The number of amides is 3. The third-order valence-electron chi connectivity index (χ3n) is 6.65. The Labute approximate surface area is 241 Å². The Hall–Kier alpha value is -4.28. The molecule has 0 saturated heterocycles. The predicted octanol–water partition coefficient (Wildman–Crippen LogP) is 4.47. The van der Waals surface area contributed by atoms with Gasteiger partial charge in [0, 0.05) is 25.1 Å². The van der Waals surface area contributed by atoms with Crippen LogP contribution in [0.1, 0.15) is 64.9 Å². The van der Waals surface area contributed by atoms with Crippen molar-refractivity contribution in [1.29, 1.82) is 0 Å². The molecule has 3 aromatic rings. The summed E-state index contributed by atoms with van der Waals surface area (Å²) in [5, 5.41) is 19.9. The fraction of sp³-hybridized carbons (Fsp3) is 0.467. The zero-order chi connectivity index (χ0) is 29.5. The zero-order valence-electron chi connectivity index (χ0n) is 24.2. The molecule has 1 heterocycles. The van der Waals surface area contributed by atoms with Crippen molar-refractivity contribution < 1.29 is 19.1 Å². The quantitative estimate of drug-likeness (QED) is 0.172. The van der Waals surface area contributed by atoms with Crippen LogP contribution in [0.5, 0.6) is 0 Å². The summed E-state index contributed by atoms with van der Waals surface area (Å²) in [5.74, 6) is -0.215. The van der Waals surface area contributed by atoms with Crippen molar-refractivity contribution in [2.24, 2.45) is 0 Å². The number of carbonyl (C=O) groups excluding carboxylic acids is 3. The van der Waals surface area contributed by atoms with Gasteiger partial charge in [-0.25, -0.2) is 9.59 Å². The molecule has 1 unspecified atom stereocenters. The number of esters is 1. The summed E-state index contributed by atoms with van der Waals surface area (Å²) in [6.45, 7) is 6.68. The zero-order valence-corrected chi connectivity index (χ0v) is 24.2. The summed E-state index contributed by atoms with van der Waals surface area (Å²) in [4.78, 5) is 40.4. The lowest BCUT2D eigenvalue weighted by Crippen LogP contribution is -2.52. The molecular formula is C30H41N7O4. The fourth-order valence-electron chi connectivity index (χ4n) is 4.42. The van der Waals surface area contributed by atoms with E-state index in [9.17, 15) is 14.4 Å². The van der Waals surface area contributed by atoms with E-state index >= 15 is 0 Å². The monoisotopic (exact) mass is 563 g/mol. The molecule has 0 fully saturated rings. The van der Waals surface area contributed by atoms with Crippen molar-refractivity contribution in [2.75, 3.05) is 19.7 Å². The van der Waals surface area contributed by atoms with Crippen molar-refractivity contribution in [3.8, 4) is 22.5 Å². The summed E-state index contributed by atoms with van der Waals surface area (Å²) in [6.07, 6.45) is 4.79. The highest BCUT2D eigenvalue weighted by Gasteiger charge is 2.31. The average molecular weight is 564 g/mol. The smallest absolute Gasteiger partial charge is 0.330 e. The van der Waals surface area contributed by atoms with E-state index in [1.165, 1.54) is 4.90 Å². The number of aromatic amines is 1. The minimum Gasteiger partial charge on any atom is -0.464 e. The van der Waals surface area contributed by atoms with Crippen LogP contribution in [-0.4, -0.2) is 69.2 Å². The van der Waals surface area contributed by atoms with E-state index in [0.29, 0.717) is 25.2 Å². The van der Waals surface area contributed by atoms with Gasteiger partial charge in [0.05, 0.1) is 13.2 Å². The lowest BCUT2D eigenvalue weighted by atomic mass is 9.98. The minimum absolute atomic E-state index is 0.0491. The molecule has 0 saturated carbocycles. The van der Waals surface area contributed by atoms with Crippen LogP contribution < -0.4 is 10.6 Å². The molecule has 3 N–H and O–H groups in total. The lowest BCUT2D eigenvalue weighted by Gasteiger charge is -2.31. The Balaban J connectivity index is 1.81. The molecule has 1 aromatic heterocycles. The summed E-state index contributed by atoms with van der Waals surface area (Å²) in [7, 11) is 0. The van der Waals surface area contributed by atoms with Gasteiger partial charge in [-0.3, -0.25) is 4.79 Å². The highest BCUT2D eigenvalue weighted by atomic mass is 16.5. The predicted molar refractivity (Wildman–Crippen MR) is 156 cm³/mol. The largest absolute Gasteiger partial charge is 0.464 e. The number of unbranched alkanes of at least 4 members (excludes halogenated alkanes) is 3. The Morgan fingerprint density at radius 3 is 2.32 bits per heavy atom. The number of rotatable bonds is 16. The molecule has 0 radical (unpaired) electrons. The molecule has 41 heavy (non-hydrogen) atoms. The summed E-state index contributed by atoms with van der Waals surface area (Å²) in [6, 6.07) is 14.2. The van der Waals surface area contributed by atoms with Crippen LogP contribution in [0.4, 0.5) is 4.79 Å². The van der Waals surface area contributed by atoms with E-state index in [2.05, 4.69) is 38.2 Å². The van der Waals surface area contributed by atoms with Gasteiger partial charge in [0.2, 0.25) is 11.7 Å². The van der Waals surface area contributed by atoms with Gasteiger partial charge in [-0.05, 0) is 41.7 Å². The number of nitrogens with one attached hydrogen (secondary N) is 3. The van der Waals surface area contributed by atoms with E-state index in [1.54, 1.807) is 6.92 Å². The first kappa shape index (κ1) is 31.3. The van der Waals surface area contributed by atoms with Crippen LogP contribution in [0.2, 0.25) is 0 Å². The first-order valence-corrected chi connectivity index (χ1v) is 14.4. The topological polar surface area (TPSA) is 142 Å². The van der Waals surface area contributed by atoms with E-state index in [-0.39, 0.29) is 31.6 Å². The first-order chi connectivity index (χ1) is 20.0. The van der Waals surface area contributed by atoms with Crippen molar-refractivity contribution in [1.82, 2.24) is 36.2 Å². The fourth-order valence-corrected chi connectivity index (χ4v) is 4.42. The number of nitrogens with zero attached hydrogens (tertiary/aromatic N) is 4. The van der Waals surface area contributed by atoms with Crippen molar-refractivity contribution >= 4 is 17.9 Å². The van der Waals surface area contributed by atoms with Crippen LogP contribution in [-0.2, 0) is 20.9 Å². The Morgan fingerprint density at radius 2 is 1.66 bits per heavy atom. The normalized spacial score (nSPS) is 11.5. The van der Waals surface area contributed by atoms with Gasteiger partial charge in [-0.1, -0.05) is 81.6 Å². The second-order valence-electron chi connectivity index (χ2n) is 9.71. The summed E-state index contributed by atoms with van der Waals surface area (Å²) >= 11 is 0. The number of H-pyrrole nitrogens is 1. The van der Waals surface area contributed by atoms with Gasteiger partial charge in [0.15, 0.2) is 0 Å². The number of ether oxygens (including phenoxy) is 1. The lowest BCUT2D eigenvalue weighted by molar-refractivity contribution is -0.155. The SMILES string of the molecule is CCCCCNC(=O)NCC(C(=O)OCC)N(Cc1ccc(-c2ccccc2-c2nn[nH]n2)cc1)C(=O)CCCC. The van der Waals surface area contributed by atoms with Crippen molar-refractivity contribution in [3.63, 3.8) is 0 Å². The number of tetrazole rings is 1. The molecular weight excluding hydrogens is 522 g/mol. The molecule has 1 atom stereocenters. The van der Waals surface area contributed by atoms with Crippen molar-refractivity contribution in [2.45, 2.75) is 71.9 Å². The number of urea groups is 1. The second kappa shape index (κ2) is 16.7. The van der Waals surface area contributed by atoms with Gasteiger partial charge in [-0.2, -0.15) is 5.21 Å². The van der Waals surface area contributed by atoms with Crippen molar-refractivity contribution in [3.05, 3.63) is 54.1 Å². The Morgan fingerprint density at radius 1 is 0.927 bits per heavy atom. The number of aromatic nitrogens is 4. The van der Waals surface area contributed by atoms with Gasteiger partial charge in [-0.15, -0.1) is 10.2 Å². The molecule has 0 aliphatic carbocycles. The molecule has 3 amide bonds. The molecule has 2 aromatic carbocycles. The Kier molecular flexibility index (Phi) is 12.8. The van der Waals surface area contributed by atoms with Crippen LogP contribution in [0.15, 0.2) is 48.5 Å². The van der Waals surface area contributed by atoms with Crippen LogP contribution in [0, 0.1) is 0 Å². The van der Waals surface area contributed by atoms with Crippen LogP contribution in [0.25, 0.3) is 22.5 Å². The van der Waals surface area contributed by atoms with Crippen LogP contribution >= 0.6 is 0 Å². The third-order valence-corrected chi connectivity index (χ3v) is 6.65. The highest BCUT2D eigenvalue weighted by Crippen LogP contribution is 2.30. The molecule has 0 aliphatic heterocycles. The van der Waals surface area contributed by atoms with E-state index in [1.807, 2.05) is 55.5 Å². The standard InChI is InChI=1S/C30H41N7O4/c1-4-7-11-19-31-30(40)32-20-26(29(39)41-6-3)37(27(38)14-8-5-2)21-22-15-17-23(18-16-22)24-12-9-10-13-25(24)28-33-35-36-34-28/h9-10,12-13,15-18,26H,4-8,11,14,19-21H2,1-3H3,(H2,31,32,40)(H,33,34,35,36). The molecule has 3 rings (SSSR count). The van der Waals surface area contributed by atoms with Crippen LogP contribution in [0.3, 0.4) is 0 Å². The molecule has 0 spiro atoms. The summed E-state index contributed by atoms with van der Waals surface area (Å²) in [5.41, 5.74) is 3.57. The number of carbonyl (C=O) groups is 3.